The quantitative estimate of drug-likeness (QED) is 0.334. The van der Waals surface area contributed by atoms with Gasteiger partial charge >= 0.3 is 0 Å². The molecule has 0 unspecified atom stereocenters. The van der Waals surface area contributed by atoms with Crippen LogP contribution in [-0.4, -0.2) is 25.7 Å². The Bertz CT molecular complexity index is 402. The van der Waals surface area contributed by atoms with Crippen molar-refractivity contribution in [1.29, 1.82) is 0 Å². The zero-order valence-corrected chi connectivity index (χ0v) is 10.9. The molecule has 3 N–H and O–H groups in total. The molecule has 0 aliphatic heterocycles. The number of ether oxygens (including phenoxy) is 1. The molecule has 0 aliphatic carbocycles. The van der Waals surface area contributed by atoms with E-state index in [1.807, 2.05) is 31.2 Å². The third-order valence-corrected chi connectivity index (χ3v) is 2.36. The lowest BCUT2D eigenvalue weighted by molar-refractivity contribution is 0.311. The summed E-state index contributed by atoms with van der Waals surface area (Å²) in [5.41, 5.74) is 6.77. The maximum absolute atomic E-state index is 5.65. The highest BCUT2D eigenvalue weighted by molar-refractivity contribution is 5.77. The average molecular weight is 247 g/mol. The van der Waals surface area contributed by atoms with Gasteiger partial charge in [-0.25, -0.2) is 0 Å². The van der Waals surface area contributed by atoms with Crippen molar-refractivity contribution in [3.63, 3.8) is 0 Å². The summed E-state index contributed by atoms with van der Waals surface area (Å²) < 4.78 is 5.65. The van der Waals surface area contributed by atoms with Crippen molar-refractivity contribution in [3.05, 3.63) is 42.5 Å². The summed E-state index contributed by atoms with van der Waals surface area (Å²) in [6.07, 6.45) is 2.58. The molecule has 0 atom stereocenters. The summed E-state index contributed by atoms with van der Waals surface area (Å²) >= 11 is 0. The van der Waals surface area contributed by atoms with E-state index in [1.165, 1.54) is 0 Å². The first-order chi connectivity index (χ1) is 8.74. The Balaban J connectivity index is 2.19. The molecule has 0 saturated carbocycles. The zero-order valence-electron chi connectivity index (χ0n) is 10.9. The van der Waals surface area contributed by atoms with Crippen LogP contribution in [0.3, 0.4) is 0 Å². The maximum Gasteiger partial charge on any atom is 0.188 e. The number of nitrogens with zero attached hydrogens (tertiary/aromatic N) is 1. The topological polar surface area (TPSA) is 59.6 Å². The second-order valence-corrected chi connectivity index (χ2v) is 3.90. The Labute approximate surface area is 109 Å². The molecule has 98 valence electrons. The van der Waals surface area contributed by atoms with Gasteiger partial charge in [-0.15, -0.1) is 6.58 Å². The molecule has 0 spiro atoms. The minimum absolute atomic E-state index is 0.450. The van der Waals surface area contributed by atoms with Gasteiger partial charge in [0.15, 0.2) is 5.96 Å². The lowest BCUT2D eigenvalue weighted by Gasteiger charge is -2.07. The molecule has 1 aromatic carbocycles. The molecule has 4 nitrogen and oxygen atoms in total. The second-order valence-electron chi connectivity index (χ2n) is 3.90. The molecule has 18 heavy (non-hydrogen) atoms. The first-order valence-corrected chi connectivity index (χ1v) is 6.07. The predicted molar refractivity (Wildman–Crippen MR) is 76.0 cm³/mol. The summed E-state index contributed by atoms with van der Waals surface area (Å²) in [5.74, 6) is 1.38. The van der Waals surface area contributed by atoms with E-state index >= 15 is 0 Å². The van der Waals surface area contributed by atoms with Gasteiger partial charge in [0.25, 0.3) is 0 Å². The molecular formula is C14H21N3O. The highest BCUT2D eigenvalue weighted by Crippen LogP contribution is 2.15. The number of hydrogen-bond acceptors (Lipinski definition) is 2. The third-order valence-electron chi connectivity index (χ3n) is 2.36. The van der Waals surface area contributed by atoms with Crippen LogP contribution in [0.4, 0.5) is 0 Å². The minimum atomic E-state index is 0.450. The van der Waals surface area contributed by atoms with Gasteiger partial charge in [0.05, 0.1) is 6.61 Å². The van der Waals surface area contributed by atoms with Gasteiger partial charge in [-0.2, -0.15) is 0 Å². The van der Waals surface area contributed by atoms with Crippen molar-refractivity contribution in [2.24, 2.45) is 10.7 Å². The Morgan fingerprint density at radius 1 is 1.50 bits per heavy atom. The fraction of sp³-hybridized carbons (Fsp3) is 0.357. The average Bonchev–Trinajstić information content (AvgIpc) is 2.38. The van der Waals surface area contributed by atoms with Gasteiger partial charge < -0.3 is 15.8 Å². The first-order valence-electron chi connectivity index (χ1n) is 6.07. The lowest BCUT2D eigenvalue weighted by atomic mass is 10.2. The molecular weight excluding hydrogens is 226 g/mol. The van der Waals surface area contributed by atoms with Crippen LogP contribution < -0.4 is 15.8 Å². The summed E-state index contributed by atoms with van der Waals surface area (Å²) in [5, 5.41) is 2.92. The molecule has 0 aliphatic rings. The minimum Gasteiger partial charge on any atom is -0.493 e. The number of nitrogens with two attached hydrogens (primary N) is 1. The SMILES string of the molecule is C=CCNC(N)=NCCCOc1ccccc1C. The molecule has 4 heteroatoms. The predicted octanol–water partition coefficient (Wildman–Crippen LogP) is 1.85. The lowest BCUT2D eigenvalue weighted by Crippen LogP contribution is -2.31. The summed E-state index contributed by atoms with van der Waals surface area (Å²) in [7, 11) is 0. The van der Waals surface area contributed by atoms with Gasteiger partial charge in [-0.3, -0.25) is 4.99 Å². The highest BCUT2D eigenvalue weighted by Gasteiger charge is 1.96. The van der Waals surface area contributed by atoms with Gasteiger partial charge in [-0.05, 0) is 18.6 Å². The molecule has 0 heterocycles. The van der Waals surface area contributed by atoms with Crippen molar-refractivity contribution < 1.29 is 4.74 Å². The number of aryl methyl sites for hydroxylation is 1. The van der Waals surface area contributed by atoms with E-state index in [0.29, 0.717) is 25.7 Å². The van der Waals surface area contributed by atoms with E-state index in [1.54, 1.807) is 6.08 Å². The third kappa shape index (κ3) is 5.39. The largest absolute Gasteiger partial charge is 0.493 e. The van der Waals surface area contributed by atoms with Crippen molar-refractivity contribution in [2.75, 3.05) is 19.7 Å². The molecule has 0 fully saturated rings. The number of benzene rings is 1. The van der Waals surface area contributed by atoms with E-state index in [2.05, 4.69) is 16.9 Å². The number of para-hydroxylation sites is 1. The molecule has 0 saturated heterocycles. The van der Waals surface area contributed by atoms with E-state index in [-0.39, 0.29) is 0 Å². The Morgan fingerprint density at radius 3 is 3.00 bits per heavy atom. The fourth-order valence-electron chi connectivity index (χ4n) is 1.40. The number of hydrogen-bond donors (Lipinski definition) is 2. The zero-order chi connectivity index (χ0) is 13.2. The van der Waals surface area contributed by atoms with Crippen LogP contribution in [0.2, 0.25) is 0 Å². The van der Waals surface area contributed by atoms with Crippen LogP contribution in [0.1, 0.15) is 12.0 Å². The Kier molecular flexibility index (Phi) is 6.40. The summed E-state index contributed by atoms with van der Waals surface area (Å²) in [4.78, 5) is 4.17. The Hall–Kier alpha value is -1.97. The van der Waals surface area contributed by atoms with Crippen molar-refractivity contribution in [3.8, 4) is 5.75 Å². The first kappa shape index (κ1) is 14.1. The highest BCUT2D eigenvalue weighted by atomic mass is 16.5. The van der Waals surface area contributed by atoms with Crippen LogP contribution in [0.5, 0.6) is 5.75 Å². The van der Waals surface area contributed by atoms with Gasteiger partial charge in [0.1, 0.15) is 5.75 Å². The van der Waals surface area contributed by atoms with Gasteiger partial charge in [-0.1, -0.05) is 24.3 Å². The smallest absolute Gasteiger partial charge is 0.188 e. The summed E-state index contributed by atoms with van der Waals surface area (Å²) in [6.45, 7) is 7.55. The molecule has 1 aromatic rings. The van der Waals surface area contributed by atoms with Crippen molar-refractivity contribution >= 4 is 5.96 Å². The number of aliphatic imine (C=N–C) groups is 1. The monoisotopic (exact) mass is 247 g/mol. The van der Waals surface area contributed by atoms with E-state index < -0.39 is 0 Å². The van der Waals surface area contributed by atoms with Crippen LogP contribution in [0.15, 0.2) is 41.9 Å². The number of guanidine groups is 1. The van der Waals surface area contributed by atoms with Crippen LogP contribution in [-0.2, 0) is 0 Å². The normalized spacial score (nSPS) is 11.1. The Morgan fingerprint density at radius 2 is 2.28 bits per heavy atom. The number of nitrogens with one attached hydrogen (secondary N) is 1. The van der Waals surface area contributed by atoms with Crippen LogP contribution >= 0.6 is 0 Å². The van der Waals surface area contributed by atoms with Crippen LogP contribution in [0.25, 0.3) is 0 Å². The maximum atomic E-state index is 5.65. The van der Waals surface area contributed by atoms with E-state index in [4.69, 9.17) is 10.5 Å². The second kappa shape index (κ2) is 8.17. The molecule has 0 radical (unpaired) electrons. The van der Waals surface area contributed by atoms with Crippen molar-refractivity contribution in [2.45, 2.75) is 13.3 Å². The van der Waals surface area contributed by atoms with E-state index in [0.717, 1.165) is 17.7 Å². The number of rotatable bonds is 7. The molecule has 1 rings (SSSR count). The molecule has 0 bridgehead atoms. The van der Waals surface area contributed by atoms with Gasteiger partial charge in [0, 0.05) is 19.5 Å². The molecule has 0 aromatic heterocycles. The summed E-state index contributed by atoms with van der Waals surface area (Å²) in [6, 6.07) is 7.97. The van der Waals surface area contributed by atoms with Gasteiger partial charge in [0.2, 0.25) is 0 Å². The van der Waals surface area contributed by atoms with Crippen LogP contribution in [0, 0.1) is 6.92 Å². The van der Waals surface area contributed by atoms with Crippen molar-refractivity contribution in [1.82, 2.24) is 5.32 Å². The standard InChI is InChI=1S/C14H21N3O/c1-3-9-16-14(15)17-10-6-11-18-13-8-5-4-7-12(13)2/h3-5,7-8H,1,6,9-11H2,2H3,(H3,15,16,17). The van der Waals surface area contributed by atoms with E-state index in [9.17, 15) is 0 Å². The fourth-order valence-corrected chi connectivity index (χ4v) is 1.40. The molecule has 0 amide bonds.